The van der Waals surface area contributed by atoms with Gasteiger partial charge in [-0.3, -0.25) is 9.69 Å². The molecule has 25 heavy (non-hydrogen) atoms. The highest BCUT2D eigenvalue weighted by Crippen LogP contribution is 2.22. The van der Waals surface area contributed by atoms with Gasteiger partial charge in [-0.1, -0.05) is 18.2 Å². The Morgan fingerprint density at radius 3 is 3.08 bits per heavy atom. The van der Waals surface area contributed by atoms with Crippen LogP contribution in [0.2, 0.25) is 0 Å². The minimum absolute atomic E-state index is 0.0169. The van der Waals surface area contributed by atoms with E-state index in [1.807, 2.05) is 36.4 Å². The summed E-state index contributed by atoms with van der Waals surface area (Å²) in [6.45, 7) is 4.67. The highest BCUT2D eigenvalue weighted by atomic mass is 32.2. The number of ether oxygens (including phenoxy) is 1. The Labute approximate surface area is 152 Å². The van der Waals surface area contributed by atoms with E-state index in [0.717, 1.165) is 28.6 Å². The lowest BCUT2D eigenvalue weighted by atomic mass is 10.2. The molecular formula is C19H23N3O2S. The Kier molecular flexibility index (Phi) is 6.44. The van der Waals surface area contributed by atoms with E-state index < -0.39 is 0 Å². The van der Waals surface area contributed by atoms with Crippen molar-refractivity contribution in [3.8, 4) is 0 Å². The molecule has 0 aliphatic carbocycles. The average molecular weight is 357 g/mol. The number of aromatic nitrogens is 1. The molecule has 2 aromatic rings. The number of thioether (sulfide) groups is 1. The third-order valence-electron chi connectivity index (χ3n) is 4.09. The molecule has 1 fully saturated rings. The van der Waals surface area contributed by atoms with Crippen molar-refractivity contribution in [1.82, 2.24) is 9.88 Å². The normalized spacial score (nSPS) is 18.0. The highest BCUT2D eigenvalue weighted by Gasteiger charge is 2.20. The van der Waals surface area contributed by atoms with E-state index in [4.69, 9.17) is 4.74 Å². The molecule has 0 radical (unpaired) electrons. The predicted molar refractivity (Wildman–Crippen MR) is 101 cm³/mol. The van der Waals surface area contributed by atoms with Crippen molar-refractivity contribution in [2.75, 3.05) is 31.6 Å². The fraction of sp³-hybridized carbons (Fsp3) is 0.368. The number of pyridine rings is 1. The van der Waals surface area contributed by atoms with Gasteiger partial charge in [0.25, 0.3) is 0 Å². The second-order valence-corrected chi connectivity index (χ2v) is 7.10. The van der Waals surface area contributed by atoms with Crippen molar-refractivity contribution < 1.29 is 9.53 Å². The van der Waals surface area contributed by atoms with Gasteiger partial charge in [0.15, 0.2) is 0 Å². The molecule has 5 nitrogen and oxygen atoms in total. The third kappa shape index (κ3) is 5.56. The van der Waals surface area contributed by atoms with Gasteiger partial charge in [0.05, 0.1) is 24.8 Å². The number of hydrogen-bond donors (Lipinski definition) is 1. The van der Waals surface area contributed by atoms with Gasteiger partial charge < -0.3 is 10.1 Å². The fourth-order valence-corrected chi connectivity index (χ4v) is 3.51. The Bertz CT molecular complexity index is 696. The summed E-state index contributed by atoms with van der Waals surface area (Å²) in [5.41, 5.74) is 2.00. The number of amides is 1. The van der Waals surface area contributed by atoms with Crippen molar-refractivity contribution in [1.29, 1.82) is 0 Å². The van der Waals surface area contributed by atoms with Crippen LogP contribution in [-0.2, 0) is 15.3 Å². The summed E-state index contributed by atoms with van der Waals surface area (Å²) in [5, 5.41) is 4.00. The maximum atomic E-state index is 12.3. The molecule has 0 saturated carbocycles. The van der Waals surface area contributed by atoms with Gasteiger partial charge in [0.2, 0.25) is 5.91 Å². The zero-order chi connectivity index (χ0) is 17.5. The van der Waals surface area contributed by atoms with Crippen LogP contribution in [0.1, 0.15) is 12.5 Å². The van der Waals surface area contributed by atoms with Gasteiger partial charge in [0.1, 0.15) is 0 Å². The molecule has 132 valence electrons. The minimum Gasteiger partial charge on any atom is -0.379 e. The molecule has 1 aliphatic heterocycles. The summed E-state index contributed by atoms with van der Waals surface area (Å²) in [6, 6.07) is 14.2. The fourth-order valence-electron chi connectivity index (χ4n) is 2.71. The van der Waals surface area contributed by atoms with Gasteiger partial charge in [-0.25, -0.2) is 4.98 Å². The van der Waals surface area contributed by atoms with Crippen LogP contribution in [0.5, 0.6) is 0 Å². The number of carbonyl (C=O) groups is 1. The lowest BCUT2D eigenvalue weighted by molar-refractivity contribution is -0.119. The molecule has 0 unspecified atom stereocenters. The maximum Gasteiger partial charge on any atom is 0.238 e. The summed E-state index contributed by atoms with van der Waals surface area (Å²) in [4.78, 5) is 18.8. The summed E-state index contributed by atoms with van der Waals surface area (Å²) < 4.78 is 5.41. The van der Waals surface area contributed by atoms with Gasteiger partial charge in [0, 0.05) is 30.2 Å². The monoisotopic (exact) mass is 357 g/mol. The van der Waals surface area contributed by atoms with Gasteiger partial charge in [-0.05, 0) is 36.8 Å². The number of nitrogens with zero attached hydrogens (tertiary/aromatic N) is 2. The van der Waals surface area contributed by atoms with Crippen LogP contribution in [-0.4, -0.2) is 48.1 Å². The first kappa shape index (κ1) is 17.9. The second-order valence-electron chi connectivity index (χ2n) is 6.10. The number of carbonyl (C=O) groups excluding carboxylic acids is 1. The van der Waals surface area contributed by atoms with E-state index >= 15 is 0 Å². The number of rotatable bonds is 6. The molecule has 2 heterocycles. The van der Waals surface area contributed by atoms with Crippen molar-refractivity contribution in [2.45, 2.75) is 23.7 Å². The van der Waals surface area contributed by atoms with E-state index in [1.165, 1.54) is 0 Å². The van der Waals surface area contributed by atoms with Crippen molar-refractivity contribution in [3.05, 3.63) is 54.2 Å². The Morgan fingerprint density at radius 2 is 2.28 bits per heavy atom. The number of anilines is 1. The first-order valence-electron chi connectivity index (χ1n) is 8.45. The summed E-state index contributed by atoms with van der Waals surface area (Å²) in [5.74, 6) is 0.838. The standard InChI is InChI=1S/C19H23N3O2S/c1-15-13-24-10-9-22(15)12-18(23)21-17-6-4-5-16(11-17)14-25-19-7-2-3-8-20-19/h2-8,11,15H,9-10,12-14H2,1H3,(H,21,23)/t15-/m1/s1. The Morgan fingerprint density at radius 1 is 1.36 bits per heavy atom. The van der Waals surface area contributed by atoms with Crippen LogP contribution >= 0.6 is 11.8 Å². The van der Waals surface area contributed by atoms with E-state index in [2.05, 4.69) is 28.2 Å². The van der Waals surface area contributed by atoms with Crippen molar-refractivity contribution >= 4 is 23.4 Å². The first-order valence-corrected chi connectivity index (χ1v) is 9.44. The molecule has 1 saturated heterocycles. The number of benzene rings is 1. The summed E-state index contributed by atoms with van der Waals surface area (Å²) in [6.07, 6.45) is 1.80. The van der Waals surface area contributed by atoms with E-state index in [9.17, 15) is 4.79 Å². The molecule has 1 aliphatic rings. The van der Waals surface area contributed by atoms with Crippen LogP contribution in [0.15, 0.2) is 53.7 Å². The zero-order valence-corrected chi connectivity index (χ0v) is 15.2. The molecule has 1 amide bonds. The molecule has 6 heteroatoms. The SMILES string of the molecule is C[C@@H]1COCCN1CC(=O)Nc1cccc(CSc2ccccn2)c1. The lowest BCUT2D eigenvalue weighted by Crippen LogP contribution is -2.47. The van der Waals surface area contributed by atoms with Crippen LogP contribution < -0.4 is 5.32 Å². The van der Waals surface area contributed by atoms with E-state index in [0.29, 0.717) is 19.8 Å². The molecule has 1 atom stereocenters. The summed E-state index contributed by atoms with van der Waals surface area (Å²) in [7, 11) is 0. The van der Waals surface area contributed by atoms with Crippen LogP contribution in [0.4, 0.5) is 5.69 Å². The average Bonchev–Trinajstić information content (AvgIpc) is 2.63. The smallest absolute Gasteiger partial charge is 0.238 e. The number of nitrogens with one attached hydrogen (secondary N) is 1. The maximum absolute atomic E-state index is 12.3. The highest BCUT2D eigenvalue weighted by molar-refractivity contribution is 7.98. The zero-order valence-electron chi connectivity index (χ0n) is 14.4. The molecule has 0 spiro atoms. The first-order chi connectivity index (χ1) is 12.2. The molecule has 0 bridgehead atoms. The third-order valence-corrected chi connectivity index (χ3v) is 5.10. The number of morpholine rings is 1. The van der Waals surface area contributed by atoms with Gasteiger partial charge in [-0.2, -0.15) is 0 Å². The summed E-state index contributed by atoms with van der Waals surface area (Å²) >= 11 is 1.68. The quantitative estimate of drug-likeness (QED) is 0.806. The minimum atomic E-state index is 0.0169. The van der Waals surface area contributed by atoms with Crippen molar-refractivity contribution in [2.24, 2.45) is 0 Å². The van der Waals surface area contributed by atoms with Crippen LogP contribution in [0.3, 0.4) is 0 Å². The molecule has 3 rings (SSSR count). The molecule has 1 aromatic heterocycles. The van der Waals surface area contributed by atoms with Gasteiger partial charge >= 0.3 is 0 Å². The molecular weight excluding hydrogens is 334 g/mol. The van der Waals surface area contributed by atoms with E-state index in [-0.39, 0.29) is 11.9 Å². The van der Waals surface area contributed by atoms with Crippen LogP contribution in [0, 0.1) is 0 Å². The predicted octanol–water partition coefficient (Wildman–Crippen LogP) is 3.03. The Hall–Kier alpha value is -1.89. The second kappa shape index (κ2) is 8.99. The number of hydrogen-bond acceptors (Lipinski definition) is 5. The van der Waals surface area contributed by atoms with Crippen LogP contribution in [0.25, 0.3) is 0 Å². The molecule has 1 aromatic carbocycles. The lowest BCUT2D eigenvalue weighted by Gasteiger charge is -2.32. The largest absolute Gasteiger partial charge is 0.379 e. The van der Waals surface area contributed by atoms with E-state index in [1.54, 1.807) is 18.0 Å². The van der Waals surface area contributed by atoms with Gasteiger partial charge in [-0.15, -0.1) is 11.8 Å². The topological polar surface area (TPSA) is 54.5 Å². The molecule has 1 N–H and O–H groups in total. The Balaban J connectivity index is 1.53. The van der Waals surface area contributed by atoms with Crippen molar-refractivity contribution in [3.63, 3.8) is 0 Å².